The molecule has 1 saturated carbocycles. The molecule has 3 atom stereocenters. The van der Waals surface area contributed by atoms with Gasteiger partial charge in [-0.25, -0.2) is 0 Å². The zero-order chi connectivity index (χ0) is 15.0. The summed E-state index contributed by atoms with van der Waals surface area (Å²) >= 11 is 0. The van der Waals surface area contributed by atoms with Crippen LogP contribution < -0.4 is 5.56 Å². The van der Waals surface area contributed by atoms with Gasteiger partial charge in [0.25, 0.3) is 5.56 Å². The maximum atomic E-state index is 12.1. The molecule has 1 aromatic rings. The Morgan fingerprint density at radius 2 is 2.29 bits per heavy atom. The van der Waals surface area contributed by atoms with Crippen molar-refractivity contribution in [2.45, 2.75) is 45.4 Å². The third-order valence-electron chi connectivity index (χ3n) is 4.68. The molecule has 0 bridgehead atoms. The molecule has 0 spiro atoms. The van der Waals surface area contributed by atoms with E-state index in [-0.39, 0.29) is 35.7 Å². The molecule has 5 heteroatoms. The average molecular weight is 291 g/mol. The molecular formula is C16H21NO4. The Morgan fingerprint density at radius 1 is 1.48 bits per heavy atom. The highest BCUT2D eigenvalue weighted by molar-refractivity contribution is 5.69. The molecule has 114 valence electrons. The van der Waals surface area contributed by atoms with Gasteiger partial charge in [0.2, 0.25) is 0 Å². The SMILES string of the molecule is CC1(C)[C@@H]2OCCC[C@@H]2[C@@H]1OC(=O)Cn1ccccc1=O. The lowest BCUT2D eigenvalue weighted by atomic mass is 9.57. The van der Waals surface area contributed by atoms with Crippen molar-refractivity contribution in [2.24, 2.45) is 11.3 Å². The molecule has 2 heterocycles. The van der Waals surface area contributed by atoms with Gasteiger partial charge in [-0.05, 0) is 18.9 Å². The number of aromatic nitrogens is 1. The lowest BCUT2D eigenvalue weighted by Crippen LogP contribution is -2.65. The molecule has 21 heavy (non-hydrogen) atoms. The summed E-state index contributed by atoms with van der Waals surface area (Å²) in [4.78, 5) is 23.7. The molecule has 0 unspecified atom stereocenters. The van der Waals surface area contributed by atoms with E-state index in [1.807, 2.05) is 0 Å². The van der Waals surface area contributed by atoms with Crippen LogP contribution in [-0.4, -0.2) is 29.4 Å². The van der Waals surface area contributed by atoms with Crippen LogP contribution in [0, 0.1) is 11.3 Å². The van der Waals surface area contributed by atoms with Gasteiger partial charge >= 0.3 is 5.97 Å². The van der Waals surface area contributed by atoms with Gasteiger partial charge in [-0.3, -0.25) is 9.59 Å². The van der Waals surface area contributed by atoms with E-state index in [0.29, 0.717) is 5.92 Å². The predicted octanol–water partition coefficient (Wildman–Crippen LogP) is 1.60. The van der Waals surface area contributed by atoms with Crippen LogP contribution in [0.2, 0.25) is 0 Å². The Kier molecular flexibility index (Phi) is 3.61. The number of ether oxygens (including phenoxy) is 2. The molecule has 3 rings (SSSR count). The summed E-state index contributed by atoms with van der Waals surface area (Å²) < 4.78 is 12.8. The smallest absolute Gasteiger partial charge is 0.326 e. The minimum atomic E-state index is -0.356. The second kappa shape index (κ2) is 5.30. The van der Waals surface area contributed by atoms with E-state index in [1.165, 1.54) is 10.6 Å². The molecule has 1 aliphatic heterocycles. The van der Waals surface area contributed by atoms with Crippen LogP contribution >= 0.6 is 0 Å². The van der Waals surface area contributed by atoms with Gasteiger partial charge in [0.05, 0.1) is 6.10 Å². The second-order valence-electron chi connectivity index (χ2n) is 6.50. The highest BCUT2D eigenvalue weighted by Gasteiger charge is 2.60. The molecule has 1 saturated heterocycles. The van der Waals surface area contributed by atoms with Gasteiger partial charge in [-0.2, -0.15) is 0 Å². The summed E-state index contributed by atoms with van der Waals surface area (Å²) in [5, 5.41) is 0. The standard InChI is InChI=1S/C16H21NO4/c1-16(2)14-11(6-5-9-20-14)15(16)21-13(19)10-17-8-4-3-7-12(17)18/h3-4,7-8,11,14-15H,5-6,9-10H2,1-2H3/t11-,14+,15-/m0/s1. The fourth-order valence-corrected chi connectivity index (χ4v) is 3.62. The summed E-state index contributed by atoms with van der Waals surface area (Å²) in [6, 6.07) is 4.82. The molecule has 5 nitrogen and oxygen atoms in total. The van der Waals surface area contributed by atoms with Gasteiger partial charge in [0, 0.05) is 30.2 Å². The van der Waals surface area contributed by atoms with Crippen molar-refractivity contribution in [2.75, 3.05) is 6.61 Å². The van der Waals surface area contributed by atoms with Crippen molar-refractivity contribution in [3.05, 3.63) is 34.7 Å². The number of rotatable bonds is 3. The molecule has 2 aliphatic rings. The van der Waals surface area contributed by atoms with Crippen molar-refractivity contribution in [1.29, 1.82) is 0 Å². The molecule has 0 amide bonds. The Balaban J connectivity index is 1.65. The number of carbonyl (C=O) groups excluding carboxylic acids is 1. The van der Waals surface area contributed by atoms with Crippen LogP contribution in [0.15, 0.2) is 29.2 Å². The van der Waals surface area contributed by atoms with Gasteiger partial charge in [-0.15, -0.1) is 0 Å². The lowest BCUT2D eigenvalue weighted by molar-refractivity contribution is -0.255. The topological polar surface area (TPSA) is 57.5 Å². The van der Waals surface area contributed by atoms with Crippen molar-refractivity contribution >= 4 is 5.97 Å². The van der Waals surface area contributed by atoms with E-state index >= 15 is 0 Å². The predicted molar refractivity (Wildman–Crippen MR) is 76.8 cm³/mol. The van der Waals surface area contributed by atoms with E-state index in [4.69, 9.17) is 9.47 Å². The quantitative estimate of drug-likeness (QED) is 0.794. The first-order valence-corrected chi connectivity index (χ1v) is 7.46. The Hall–Kier alpha value is -1.62. The first-order chi connectivity index (χ1) is 10.00. The summed E-state index contributed by atoms with van der Waals surface area (Å²) in [6.07, 6.45) is 3.72. The number of hydrogen-bond donors (Lipinski definition) is 0. The zero-order valence-corrected chi connectivity index (χ0v) is 12.5. The minimum absolute atomic E-state index is 0.0372. The van der Waals surface area contributed by atoms with Gasteiger partial charge < -0.3 is 14.0 Å². The van der Waals surface area contributed by atoms with E-state index in [9.17, 15) is 9.59 Å². The minimum Gasteiger partial charge on any atom is -0.460 e. The van der Waals surface area contributed by atoms with E-state index in [1.54, 1.807) is 18.3 Å². The lowest BCUT2D eigenvalue weighted by Gasteiger charge is -2.58. The summed E-state index contributed by atoms with van der Waals surface area (Å²) in [6.45, 7) is 4.91. The van der Waals surface area contributed by atoms with Crippen molar-refractivity contribution in [1.82, 2.24) is 4.57 Å². The molecule has 2 fully saturated rings. The number of pyridine rings is 1. The molecule has 1 aromatic heterocycles. The Labute approximate surface area is 123 Å². The number of carbonyl (C=O) groups is 1. The van der Waals surface area contributed by atoms with Crippen LogP contribution in [0.4, 0.5) is 0 Å². The fourth-order valence-electron chi connectivity index (χ4n) is 3.62. The maximum absolute atomic E-state index is 12.1. The largest absolute Gasteiger partial charge is 0.460 e. The number of esters is 1. The average Bonchev–Trinajstić information content (AvgIpc) is 2.47. The van der Waals surface area contributed by atoms with E-state index in [0.717, 1.165) is 19.4 Å². The van der Waals surface area contributed by atoms with Crippen LogP contribution in [0.25, 0.3) is 0 Å². The first-order valence-electron chi connectivity index (χ1n) is 7.46. The first kappa shape index (κ1) is 14.3. The number of fused-ring (bicyclic) bond motifs is 1. The molecule has 0 N–H and O–H groups in total. The number of hydrogen-bond acceptors (Lipinski definition) is 4. The van der Waals surface area contributed by atoms with Gasteiger partial charge in [0.15, 0.2) is 0 Å². The molecule has 1 aliphatic carbocycles. The highest BCUT2D eigenvalue weighted by Crippen LogP contribution is 2.52. The summed E-state index contributed by atoms with van der Waals surface area (Å²) in [5.41, 5.74) is -0.344. The zero-order valence-electron chi connectivity index (χ0n) is 12.5. The van der Waals surface area contributed by atoms with Crippen molar-refractivity contribution in [3.8, 4) is 0 Å². The Morgan fingerprint density at radius 3 is 3.05 bits per heavy atom. The van der Waals surface area contributed by atoms with Gasteiger partial charge in [-0.1, -0.05) is 19.9 Å². The van der Waals surface area contributed by atoms with Crippen molar-refractivity contribution in [3.63, 3.8) is 0 Å². The van der Waals surface area contributed by atoms with Gasteiger partial charge in [0.1, 0.15) is 12.6 Å². The summed E-state index contributed by atoms with van der Waals surface area (Å²) in [7, 11) is 0. The Bertz CT molecular complexity index is 592. The highest BCUT2D eigenvalue weighted by atomic mass is 16.6. The molecule has 0 radical (unpaired) electrons. The third kappa shape index (κ3) is 2.50. The summed E-state index contributed by atoms with van der Waals surface area (Å²) in [5.74, 6) is -0.0596. The fraction of sp³-hybridized carbons (Fsp3) is 0.625. The van der Waals surface area contributed by atoms with E-state index < -0.39 is 0 Å². The second-order valence-corrected chi connectivity index (χ2v) is 6.50. The van der Waals surface area contributed by atoms with Crippen LogP contribution in [-0.2, 0) is 20.8 Å². The third-order valence-corrected chi connectivity index (χ3v) is 4.68. The van der Waals surface area contributed by atoms with Crippen molar-refractivity contribution < 1.29 is 14.3 Å². The molecular weight excluding hydrogens is 270 g/mol. The number of nitrogens with zero attached hydrogens (tertiary/aromatic N) is 1. The van der Waals surface area contributed by atoms with Crippen LogP contribution in [0.5, 0.6) is 0 Å². The monoisotopic (exact) mass is 291 g/mol. The molecule has 0 aromatic carbocycles. The normalized spacial score (nSPS) is 30.1. The van der Waals surface area contributed by atoms with Crippen LogP contribution in [0.1, 0.15) is 26.7 Å². The van der Waals surface area contributed by atoms with E-state index in [2.05, 4.69) is 13.8 Å². The maximum Gasteiger partial charge on any atom is 0.326 e. The van der Waals surface area contributed by atoms with Crippen LogP contribution in [0.3, 0.4) is 0 Å².